The van der Waals surface area contributed by atoms with Gasteiger partial charge >= 0.3 is 0 Å². The maximum absolute atomic E-state index is 12.1. The number of carbonyl (C=O) groups is 1. The van der Waals surface area contributed by atoms with Crippen LogP contribution in [-0.4, -0.2) is 50.2 Å². The Morgan fingerprint density at radius 2 is 2.15 bits per heavy atom. The normalized spacial score (nSPS) is 15.9. The Morgan fingerprint density at radius 1 is 1.40 bits per heavy atom. The van der Waals surface area contributed by atoms with E-state index in [1.54, 1.807) is 6.07 Å². The molecule has 4 N–H and O–H groups in total. The third kappa shape index (κ3) is 3.93. The smallest absolute Gasteiger partial charge is 0.253 e. The minimum Gasteiger partial charge on any atom is -0.379 e. The van der Waals surface area contributed by atoms with Crippen molar-refractivity contribution in [3.63, 3.8) is 0 Å². The van der Waals surface area contributed by atoms with Crippen molar-refractivity contribution in [1.82, 2.24) is 10.2 Å². The maximum atomic E-state index is 12.1. The molecule has 0 radical (unpaired) electrons. The second-order valence-corrected chi connectivity index (χ2v) is 4.90. The number of hydrazine groups is 1. The van der Waals surface area contributed by atoms with Gasteiger partial charge in [-0.05, 0) is 24.6 Å². The lowest BCUT2D eigenvalue weighted by Crippen LogP contribution is -2.41. The number of carbonyl (C=O) groups excluding carboxylic acids is 1. The summed E-state index contributed by atoms with van der Waals surface area (Å²) in [5.41, 5.74) is 4.84. The molecule has 1 amide bonds. The molecular formula is C14H22N4O2. The second kappa shape index (κ2) is 7.23. The molecule has 6 heteroatoms. The molecule has 1 aliphatic rings. The van der Waals surface area contributed by atoms with Crippen LogP contribution in [0.5, 0.6) is 0 Å². The van der Waals surface area contributed by atoms with Crippen LogP contribution in [0.25, 0.3) is 0 Å². The fraction of sp³-hybridized carbons (Fsp3) is 0.500. The number of nitrogen functional groups attached to an aromatic ring is 1. The van der Waals surface area contributed by atoms with Crippen molar-refractivity contribution >= 4 is 11.6 Å². The Hall–Kier alpha value is -1.63. The molecule has 1 aliphatic heterocycles. The van der Waals surface area contributed by atoms with Gasteiger partial charge in [-0.1, -0.05) is 6.07 Å². The first-order valence-corrected chi connectivity index (χ1v) is 6.86. The van der Waals surface area contributed by atoms with E-state index in [1.165, 1.54) is 0 Å². The van der Waals surface area contributed by atoms with Crippen LogP contribution in [0.3, 0.4) is 0 Å². The fourth-order valence-corrected chi connectivity index (χ4v) is 2.22. The molecule has 6 nitrogen and oxygen atoms in total. The van der Waals surface area contributed by atoms with E-state index in [0.29, 0.717) is 17.8 Å². The average molecular weight is 278 g/mol. The minimum atomic E-state index is -0.105. The first kappa shape index (κ1) is 14.8. The van der Waals surface area contributed by atoms with Crippen LogP contribution in [0.2, 0.25) is 0 Å². The molecule has 1 aromatic carbocycles. The van der Waals surface area contributed by atoms with Crippen LogP contribution < -0.4 is 16.6 Å². The summed E-state index contributed by atoms with van der Waals surface area (Å²) in [7, 11) is 0. The van der Waals surface area contributed by atoms with E-state index in [2.05, 4.69) is 15.6 Å². The monoisotopic (exact) mass is 278 g/mol. The quantitative estimate of drug-likeness (QED) is 0.535. The highest BCUT2D eigenvalue weighted by Crippen LogP contribution is 2.16. The number of morpholine rings is 1. The van der Waals surface area contributed by atoms with Gasteiger partial charge in [0.25, 0.3) is 5.91 Å². The zero-order valence-electron chi connectivity index (χ0n) is 11.8. The lowest BCUT2D eigenvalue weighted by Gasteiger charge is -2.26. The summed E-state index contributed by atoms with van der Waals surface area (Å²) in [5.74, 6) is 5.35. The molecule has 0 unspecified atom stereocenters. The predicted molar refractivity (Wildman–Crippen MR) is 78.6 cm³/mol. The van der Waals surface area contributed by atoms with E-state index >= 15 is 0 Å². The third-order valence-corrected chi connectivity index (χ3v) is 3.39. The van der Waals surface area contributed by atoms with E-state index in [1.807, 2.05) is 19.1 Å². The highest BCUT2D eigenvalue weighted by molar-refractivity contribution is 5.99. The number of hydrogen-bond donors (Lipinski definition) is 3. The van der Waals surface area contributed by atoms with Gasteiger partial charge in [-0.3, -0.25) is 15.5 Å². The standard InChI is InChI=1S/C14H22N4O2/c1-11-2-3-12(13(10-11)17-15)14(19)16-4-5-18-6-8-20-9-7-18/h2-3,10,17H,4-9,15H2,1H3,(H,16,19). The predicted octanol–water partition coefficient (Wildman–Crippen LogP) is 0.343. The zero-order valence-corrected chi connectivity index (χ0v) is 11.8. The number of nitrogens with two attached hydrogens (primary N) is 1. The van der Waals surface area contributed by atoms with Crippen molar-refractivity contribution in [2.45, 2.75) is 6.92 Å². The molecule has 0 aliphatic carbocycles. The number of benzene rings is 1. The molecule has 20 heavy (non-hydrogen) atoms. The highest BCUT2D eigenvalue weighted by atomic mass is 16.5. The summed E-state index contributed by atoms with van der Waals surface area (Å²) in [6.45, 7) is 6.82. The topological polar surface area (TPSA) is 79.6 Å². The van der Waals surface area contributed by atoms with Gasteiger partial charge in [0.1, 0.15) is 0 Å². The van der Waals surface area contributed by atoms with E-state index < -0.39 is 0 Å². The van der Waals surface area contributed by atoms with E-state index in [0.717, 1.165) is 38.4 Å². The largest absolute Gasteiger partial charge is 0.379 e. The summed E-state index contributed by atoms with van der Waals surface area (Å²) in [6.07, 6.45) is 0. The van der Waals surface area contributed by atoms with Gasteiger partial charge in [-0.25, -0.2) is 0 Å². The zero-order chi connectivity index (χ0) is 14.4. The SMILES string of the molecule is Cc1ccc(C(=O)NCCN2CCOCC2)c(NN)c1. The van der Waals surface area contributed by atoms with Crippen molar-refractivity contribution in [3.05, 3.63) is 29.3 Å². The Labute approximate surface area is 119 Å². The number of nitrogens with one attached hydrogen (secondary N) is 2. The number of ether oxygens (including phenoxy) is 1. The minimum absolute atomic E-state index is 0.105. The lowest BCUT2D eigenvalue weighted by atomic mass is 10.1. The van der Waals surface area contributed by atoms with Crippen molar-refractivity contribution in [2.75, 3.05) is 44.8 Å². The Morgan fingerprint density at radius 3 is 2.85 bits per heavy atom. The molecular weight excluding hydrogens is 256 g/mol. The fourth-order valence-electron chi connectivity index (χ4n) is 2.22. The van der Waals surface area contributed by atoms with Crippen molar-refractivity contribution < 1.29 is 9.53 Å². The van der Waals surface area contributed by atoms with Crippen molar-refractivity contribution in [1.29, 1.82) is 0 Å². The van der Waals surface area contributed by atoms with Crippen LogP contribution in [-0.2, 0) is 4.74 Å². The molecule has 0 saturated carbocycles. The Bertz CT molecular complexity index is 458. The summed E-state index contributed by atoms with van der Waals surface area (Å²) in [5, 5.41) is 2.92. The lowest BCUT2D eigenvalue weighted by molar-refractivity contribution is 0.0383. The molecule has 1 fully saturated rings. The number of hydrogen-bond acceptors (Lipinski definition) is 5. The molecule has 1 saturated heterocycles. The molecule has 0 bridgehead atoms. The third-order valence-electron chi connectivity index (χ3n) is 3.39. The van der Waals surface area contributed by atoms with Crippen LogP contribution in [0, 0.1) is 6.92 Å². The van der Waals surface area contributed by atoms with Gasteiger partial charge in [-0.2, -0.15) is 0 Å². The van der Waals surface area contributed by atoms with Gasteiger partial charge < -0.3 is 15.5 Å². The summed E-state index contributed by atoms with van der Waals surface area (Å²) in [6, 6.07) is 5.54. The van der Waals surface area contributed by atoms with Crippen LogP contribution >= 0.6 is 0 Å². The summed E-state index contributed by atoms with van der Waals surface area (Å²) < 4.78 is 5.29. The highest BCUT2D eigenvalue weighted by Gasteiger charge is 2.13. The van der Waals surface area contributed by atoms with Gasteiger partial charge in [-0.15, -0.1) is 0 Å². The first-order chi connectivity index (χ1) is 9.70. The number of amides is 1. The molecule has 110 valence electrons. The van der Waals surface area contributed by atoms with Crippen LogP contribution in [0.4, 0.5) is 5.69 Å². The van der Waals surface area contributed by atoms with Gasteiger partial charge in [0, 0.05) is 26.2 Å². The van der Waals surface area contributed by atoms with E-state index in [9.17, 15) is 4.79 Å². The Kier molecular flexibility index (Phi) is 5.34. The summed E-state index contributed by atoms with van der Waals surface area (Å²) in [4.78, 5) is 14.4. The maximum Gasteiger partial charge on any atom is 0.253 e. The first-order valence-electron chi connectivity index (χ1n) is 6.86. The van der Waals surface area contributed by atoms with Crippen molar-refractivity contribution in [2.24, 2.45) is 5.84 Å². The van der Waals surface area contributed by atoms with Crippen LogP contribution in [0.15, 0.2) is 18.2 Å². The Balaban J connectivity index is 1.85. The number of nitrogens with zero attached hydrogens (tertiary/aromatic N) is 1. The van der Waals surface area contributed by atoms with Crippen molar-refractivity contribution in [3.8, 4) is 0 Å². The van der Waals surface area contributed by atoms with Gasteiger partial charge in [0.2, 0.25) is 0 Å². The van der Waals surface area contributed by atoms with E-state index in [-0.39, 0.29) is 5.91 Å². The number of rotatable bonds is 5. The molecule has 2 rings (SSSR count). The van der Waals surface area contributed by atoms with Crippen LogP contribution in [0.1, 0.15) is 15.9 Å². The van der Waals surface area contributed by atoms with Gasteiger partial charge in [0.15, 0.2) is 0 Å². The molecule has 0 atom stereocenters. The number of aryl methyl sites for hydroxylation is 1. The van der Waals surface area contributed by atoms with E-state index in [4.69, 9.17) is 10.6 Å². The molecule has 1 aromatic rings. The second-order valence-electron chi connectivity index (χ2n) is 4.90. The van der Waals surface area contributed by atoms with Gasteiger partial charge in [0.05, 0.1) is 24.5 Å². The number of anilines is 1. The summed E-state index contributed by atoms with van der Waals surface area (Å²) >= 11 is 0. The molecule has 1 heterocycles. The molecule has 0 aromatic heterocycles. The molecule has 0 spiro atoms. The average Bonchev–Trinajstić information content (AvgIpc) is 2.48.